The molecule has 1 aromatic carbocycles. The van der Waals surface area contributed by atoms with Gasteiger partial charge in [-0.25, -0.2) is 14.4 Å². The number of nitrogens with one attached hydrogen (secondary N) is 2. The highest BCUT2D eigenvalue weighted by Crippen LogP contribution is 2.40. The van der Waals surface area contributed by atoms with Crippen molar-refractivity contribution in [1.82, 2.24) is 24.9 Å². The van der Waals surface area contributed by atoms with E-state index in [-0.39, 0.29) is 11.8 Å². The number of benzene rings is 1. The first-order valence-corrected chi connectivity index (χ1v) is 11.9. The van der Waals surface area contributed by atoms with Crippen molar-refractivity contribution in [3.8, 4) is 11.8 Å². The normalized spacial score (nSPS) is 15.5. The summed E-state index contributed by atoms with van der Waals surface area (Å²) in [6, 6.07) is 3.15. The van der Waals surface area contributed by atoms with Crippen molar-refractivity contribution < 1.29 is 9.13 Å². The minimum atomic E-state index is -0.331. The molecule has 4 N–H and O–H groups in total. The van der Waals surface area contributed by atoms with Gasteiger partial charge < -0.3 is 25.7 Å². The largest absolute Gasteiger partial charge is 0.421 e. The Morgan fingerprint density at radius 3 is 2.66 bits per heavy atom. The van der Waals surface area contributed by atoms with Crippen LogP contribution in [0.1, 0.15) is 37.9 Å². The number of nitrogens with two attached hydrogens (primary N) is 1. The fraction of sp³-hybridized carbons (Fsp3) is 0.360. The van der Waals surface area contributed by atoms with Crippen molar-refractivity contribution in [1.29, 1.82) is 0 Å². The number of nitrogens with zero attached hydrogens (tertiary/aromatic N) is 5. The summed E-state index contributed by atoms with van der Waals surface area (Å²) in [5.74, 6) is 2.14. The van der Waals surface area contributed by atoms with Crippen molar-refractivity contribution in [3.63, 3.8) is 0 Å². The van der Waals surface area contributed by atoms with E-state index < -0.39 is 0 Å². The average Bonchev–Trinajstić information content (AvgIpc) is 3.62. The maximum absolute atomic E-state index is 14.5. The lowest BCUT2D eigenvalue weighted by molar-refractivity contribution is 0.438. The Morgan fingerprint density at radius 2 is 2.00 bits per heavy atom. The minimum Gasteiger partial charge on any atom is -0.421 e. The van der Waals surface area contributed by atoms with Crippen molar-refractivity contribution in [2.45, 2.75) is 32.1 Å². The topological polar surface area (TPSA) is 118 Å². The third-order valence-corrected chi connectivity index (χ3v) is 6.79. The molecule has 0 bridgehead atoms. The fourth-order valence-electron chi connectivity index (χ4n) is 4.66. The third-order valence-electron chi connectivity index (χ3n) is 6.79. The number of aromatic nitrogens is 5. The molecule has 0 atom stereocenters. The number of hydrogen-bond donors (Lipinski definition) is 3. The molecule has 1 aliphatic carbocycles. The molecule has 1 saturated heterocycles. The molecule has 2 fully saturated rings. The Hall–Kier alpha value is -3.79. The summed E-state index contributed by atoms with van der Waals surface area (Å²) < 4.78 is 20.4. The molecule has 6 rings (SSSR count). The zero-order valence-corrected chi connectivity index (χ0v) is 19.7. The SMILES string of the molecule is CCC(CN)=C1CN(c2nc(Oc3cnc(C4CC4)nc3)nc3[nH]c4c(NC)cc(F)cc4c23)C1. The molecule has 3 aromatic heterocycles. The van der Waals surface area contributed by atoms with Gasteiger partial charge in [0.25, 0.3) is 0 Å². The average molecular weight is 475 g/mol. The molecule has 1 aliphatic heterocycles. The molecular formula is C25H27FN8O. The third kappa shape index (κ3) is 3.83. The van der Waals surface area contributed by atoms with Crippen LogP contribution in [0.25, 0.3) is 21.9 Å². The number of aromatic amines is 1. The summed E-state index contributed by atoms with van der Waals surface area (Å²) in [7, 11) is 1.76. The summed E-state index contributed by atoms with van der Waals surface area (Å²) in [6.45, 7) is 4.09. The van der Waals surface area contributed by atoms with Crippen LogP contribution in [0.2, 0.25) is 0 Å². The van der Waals surface area contributed by atoms with Crippen LogP contribution in [0.5, 0.6) is 11.8 Å². The van der Waals surface area contributed by atoms with Gasteiger partial charge >= 0.3 is 6.01 Å². The molecule has 9 nitrogen and oxygen atoms in total. The summed E-state index contributed by atoms with van der Waals surface area (Å²) in [6.07, 6.45) is 6.51. The second kappa shape index (κ2) is 8.46. The molecule has 0 radical (unpaired) electrons. The van der Waals surface area contributed by atoms with E-state index in [9.17, 15) is 4.39 Å². The summed E-state index contributed by atoms with van der Waals surface area (Å²) >= 11 is 0. The van der Waals surface area contributed by atoms with Crippen LogP contribution in [-0.2, 0) is 0 Å². The van der Waals surface area contributed by atoms with Gasteiger partial charge in [0, 0.05) is 38.0 Å². The van der Waals surface area contributed by atoms with Gasteiger partial charge in [-0.1, -0.05) is 12.5 Å². The Balaban J connectivity index is 1.44. The van der Waals surface area contributed by atoms with Gasteiger partial charge in [0.1, 0.15) is 23.1 Å². The van der Waals surface area contributed by atoms with E-state index in [0.29, 0.717) is 48.5 Å². The summed E-state index contributed by atoms with van der Waals surface area (Å²) in [5, 5.41) is 4.53. The van der Waals surface area contributed by atoms with Gasteiger partial charge in [-0.2, -0.15) is 9.97 Å². The molecule has 180 valence electrons. The molecule has 2 aliphatic rings. The Labute approximate surface area is 201 Å². The molecule has 4 heterocycles. The van der Waals surface area contributed by atoms with E-state index in [0.717, 1.165) is 41.4 Å². The Bertz CT molecular complexity index is 1440. The predicted molar refractivity (Wildman–Crippen MR) is 134 cm³/mol. The first-order chi connectivity index (χ1) is 17.1. The molecular weight excluding hydrogens is 447 g/mol. The van der Waals surface area contributed by atoms with Gasteiger partial charge in [-0.15, -0.1) is 0 Å². The number of ether oxygens (including phenoxy) is 1. The van der Waals surface area contributed by atoms with E-state index in [2.05, 4.69) is 37.1 Å². The quantitative estimate of drug-likeness (QED) is 0.341. The highest BCUT2D eigenvalue weighted by Gasteiger charge is 2.29. The van der Waals surface area contributed by atoms with E-state index >= 15 is 0 Å². The van der Waals surface area contributed by atoms with Crippen LogP contribution in [0.15, 0.2) is 35.7 Å². The van der Waals surface area contributed by atoms with Crippen molar-refractivity contribution >= 4 is 33.4 Å². The molecule has 10 heteroatoms. The van der Waals surface area contributed by atoms with Gasteiger partial charge in [0.15, 0.2) is 5.75 Å². The molecule has 4 aromatic rings. The highest BCUT2D eigenvalue weighted by molar-refractivity contribution is 6.14. The monoisotopic (exact) mass is 474 g/mol. The molecule has 0 unspecified atom stereocenters. The lowest BCUT2D eigenvalue weighted by Gasteiger charge is -2.37. The van der Waals surface area contributed by atoms with Crippen LogP contribution < -0.4 is 20.7 Å². The van der Waals surface area contributed by atoms with Crippen LogP contribution in [-0.4, -0.2) is 51.6 Å². The van der Waals surface area contributed by atoms with Crippen LogP contribution in [0.3, 0.4) is 0 Å². The molecule has 35 heavy (non-hydrogen) atoms. The van der Waals surface area contributed by atoms with Crippen LogP contribution >= 0.6 is 0 Å². The standard InChI is InChI=1S/C25H27FN8O/c1-3-13(8-27)15-11-34(12-15)24-20-18-6-16(26)7-19(28-2)21(18)31-23(20)32-25(33-24)35-17-9-29-22(30-10-17)14-4-5-14/h6-7,9-10,14,28H,3-5,8,11-12,27H2,1-2H3,(H,31,32,33). The molecule has 1 saturated carbocycles. The smallest absolute Gasteiger partial charge is 0.326 e. The second-order valence-corrected chi connectivity index (χ2v) is 9.08. The van der Waals surface area contributed by atoms with Gasteiger partial charge in [0.05, 0.1) is 29.0 Å². The lowest BCUT2D eigenvalue weighted by atomic mass is 9.98. The number of H-pyrrole nitrogens is 1. The number of fused-ring (bicyclic) bond motifs is 3. The van der Waals surface area contributed by atoms with E-state index in [1.54, 1.807) is 19.4 Å². The Morgan fingerprint density at radius 1 is 1.23 bits per heavy atom. The number of anilines is 2. The summed E-state index contributed by atoms with van der Waals surface area (Å²) in [5.41, 5.74) is 10.5. The minimum absolute atomic E-state index is 0.181. The van der Waals surface area contributed by atoms with Crippen molar-refractivity contribution in [3.05, 3.63) is 47.3 Å². The number of hydrogen-bond acceptors (Lipinski definition) is 8. The van der Waals surface area contributed by atoms with E-state index in [1.807, 2.05) is 0 Å². The Kier molecular flexibility index (Phi) is 5.25. The van der Waals surface area contributed by atoms with Crippen molar-refractivity contribution in [2.24, 2.45) is 5.73 Å². The zero-order chi connectivity index (χ0) is 24.1. The van der Waals surface area contributed by atoms with E-state index in [1.165, 1.54) is 23.3 Å². The second-order valence-electron chi connectivity index (χ2n) is 9.08. The highest BCUT2D eigenvalue weighted by atomic mass is 19.1. The van der Waals surface area contributed by atoms with E-state index in [4.69, 9.17) is 15.5 Å². The number of halogens is 1. The van der Waals surface area contributed by atoms with Gasteiger partial charge in [0.2, 0.25) is 0 Å². The lowest BCUT2D eigenvalue weighted by Crippen LogP contribution is -2.42. The predicted octanol–water partition coefficient (Wildman–Crippen LogP) is 4.24. The first-order valence-electron chi connectivity index (χ1n) is 11.9. The number of rotatable bonds is 7. The molecule has 0 amide bonds. The summed E-state index contributed by atoms with van der Waals surface area (Å²) in [4.78, 5) is 23.7. The fourth-order valence-corrected chi connectivity index (χ4v) is 4.66. The van der Waals surface area contributed by atoms with Crippen LogP contribution in [0, 0.1) is 5.82 Å². The zero-order valence-electron chi connectivity index (χ0n) is 19.7. The first kappa shape index (κ1) is 21.7. The molecule has 0 spiro atoms. The van der Waals surface area contributed by atoms with Gasteiger partial charge in [-0.3, -0.25) is 0 Å². The van der Waals surface area contributed by atoms with Crippen molar-refractivity contribution in [2.75, 3.05) is 36.9 Å². The maximum atomic E-state index is 14.5. The maximum Gasteiger partial charge on any atom is 0.326 e. The van der Waals surface area contributed by atoms with Crippen LogP contribution in [0.4, 0.5) is 15.9 Å². The van der Waals surface area contributed by atoms with Gasteiger partial charge in [-0.05, 0) is 37.0 Å².